The lowest BCUT2D eigenvalue weighted by atomic mass is 10.1. The molecule has 3 aromatic rings. The molecular formula is C24H28N6. The number of nitrogens with one attached hydrogen (secondary N) is 1. The topological polar surface area (TPSA) is 58.9 Å². The highest BCUT2D eigenvalue weighted by atomic mass is 15.2. The molecule has 154 valence electrons. The molecule has 6 nitrogen and oxygen atoms in total. The summed E-state index contributed by atoms with van der Waals surface area (Å²) < 4.78 is 2.10. The van der Waals surface area contributed by atoms with Crippen LogP contribution in [0.4, 0.5) is 0 Å². The van der Waals surface area contributed by atoms with Gasteiger partial charge in [-0.1, -0.05) is 30.3 Å². The maximum atomic E-state index is 5.01. The van der Waals surface area contributed by atoms with Crippen LogP contribution < -0.4 is 5.32 Å². The quantitative estimate of drug-likeness (QED) is 0.662. The summed E-state index contributed by atoms with van der Waals surface area (Å²) in [4.78, 5) is 15.9. The van der Waals surface area contributed by atoms with Gasteiger partial charge in [0.1, 0.15) is 18.0 Å². The van der Waals surface area contributed by atoms with Crippen molar-refractivity contribution in [1.82, 2.24) is 29.7 Å². The number of hydrogen-bond donors (Lipinski definition) is 1. The fourth-order valence-electron chi connectivity index (χ4n) is 3.85. The van der Waals surface area contributed by atoms with E-state index in [9.17, 15) is 0 Å². The summed E-state index contributed by atoms with van der Waals surface area (Å²) >= 11 is 0. The number of piperazine rings is 1. The molecule has 0 saturated carbocycles. The van der Waals surface area contributed by atoms with Crippen molar-refractivity contribution in [2.24, 2.45) is 0 Å². The van der Waals surface area contributed by atoms with E-state index >= 15 is 0 Å². The van der Waals surface area contributed by atoms with Crippen molar-refractivity contribution < 1.29 is 0 Å². The summed E-state index contributed by atoms with van der Waals surface area (Å²) in [5.74, 6) is 1.70. The van der Waals surface area contributed by atoms with E-state index in [-0.39, 0.29) is 0 Å². The molecule has 0 bridgehead atoms. The smallest absolute Gasteiger partial charge is 0.146 e. The van der Waals surface area contributed by atoms with Crippen molar-refractivity contribution in [2.75, 3.05) is 26.2 Å². The lowest BCUT2D eigenvalue weighted by molar-refractivity contribution is 0.308. The minimum absolute atomic E-state index is 0.811. The van der Waals surface area contributed by atoms with Crippen molar-refractivity contribution in [3.05, 3.63) is 77.7 Å². The predicted octanol–water partition coefficient (Wildman–Crippen LogP) is 3.69. The average molecular weight is 401 g/mol. The molecule has 1 aromatic carbocycles. The van der Waals surface area contributed by atoms with E-state index in [0.717, 1.165) is 60.5 Å². The molecule has 1 N–H and O–H groups in total. The van der Waals surface area contributed by atoms with Crippen molar-refractivity contribution in [2.45, 2.75) is 20.8 Å². The fraction of sp³-hybridized carbons (Fsp3) is 0.292. The zero-order valence-electron chi connectivity index (χ0n) is 17.9. The summed E-state index contributed by atoms with van der Waals surface area (Å²) in [6, 6.07) is 8.36. The van der Waals surface area contributed by atoms with Crippen LogP contribution in [0.2, 0.25) is 0 Å². The monoisotopic (exact) mass is 400 g/mol. The highest BCUT2D eigenvalue weighted by Crippen LogP contribution is 2.29. The Hall–Kier alpha value is -3.25. The van der Waals surface area contributed by atoms with Crippen LogP contribution >= 0.6 is 0 Å². The third-order valence-electron chi connectivity index (χ3n) is 5.52. The van der Waals surface area contributed by atoms with Gasteiger partial charge in [-0.05, 0) is 44.6 Å². The summed E-state index contributed by atoms with van der Waals surface area (Å²) in [5, 5.41) is 3.37. The van der Waals surface area contributed by atoms with Crippen molar-refractivity contribution in [1.29, 1.82) is 0 Å². The number of nitrogens with zero attached hydrogens (tertiary/aromatic N) is 5. The Bertz CT molecular complexity index is 1070. The summed E-state index contributed by atoms with van der Waals surface area (Å²) in [7, 11) is 0. The van der Waals surface area contributed by atoms with Crippen LogP contribution in [0.5, 0.6) is 0 Å². The summed E-state index contributed by atoms with van der Waals surface area (Å²) in [6.45, 7) is 14.5. The fourth-order valence-corrected chi connectivity index (χ4v) is 3.85. The second-order valence-corrected chi connectivity index (χ2v) is 7.69. The van der Waals surface area contributed by atoms with Crippen molar-refractivity contribution in [3.8, 4) is 17.2 Å². The lowest BCUT2D eigenvalue weighted by Gasteiger charge is -2.29. The summed E-state index contributed by atoms with van der Waals surface area (Å²) in [5.41, 5.74) is 6.49. The van der Waals surface area contributed by atoms with Crippen LogP contribution in [0.25, 0.3) is 23.3 Å². The molecule has 4 rings (SSSR count). The van der Waals surface area contributed by atoms with E-state index in [2.05, 4.69) is 82.5 Å². The Kier molecular flexibility index (Phi) is 5.77. The molecule has 0 spiro atoms. The van der Waals surface area contributed by atoms with Crippen LogP contribution in [0.3, 0.4) is 0 Å². The van der Waals surface area contributed by atoms with Crippen LogP contribution in [0.1, 0.15) is 22.5 Å². The van der Waals surface area contributed by atoms with Crippen molar-refractivity contribution >= 4 is 6.08 Å². The van der Waals surface area contributed by atoms with Crippen molar-refractivity contribution in [3.63, 3.8) is 0 Å². The maximum Gasteiger partial charge on any atom is 0.146 e. The molecular weight excluding hydrogens is 372 g/mol. The number of aromatic nitrogens is 4. The first kappa shape index (κ1) is 20.0. The largest absolute Gasteiger partial charge is 0.369 e. The number of benzene rings is 1. The first-order valence-corrected chi connectivity index (χ1v) is 10.3. The Labute approximate surface area is 178 Å². The second-order valence-electron chi connectivity index (χ2n) is 7.69. The minimum Gasteiger partial charge on any atom is -0.369 e. The second kappa shape index (κ2) is 8.63. The summed E-state index contributed by atoms with van der Waals surface area (Å²) in [6.07, 6.45) is 7.46. The lowest BCUT2D eigenvalue weighted by Crippen LogP contribution is -2.42. The molecule has 2 aromatic heterocycles. The molecule has 1 saturated heterocycles. The zero-order chi connectivity index (χ0) is 21.1. The number of allylic oxidation sites excluding steroid dienone is 1. The highest BCUT2D eigenvalue weighted by Gasteiger charge is 2.18. The van der Waals surface area contributed by atoms with Gasteiger partial charge in [-0.15, -0.1) is 0 Å². The molecule has 1 aliphatic rings. The first-order valence-electron chi connectivity index (χ1n) is 10.3. The molecule has 30 heavy (non-hydrogen) atoms. The van der Waals surface area contributed by atoms with Crippen LogP contribution in [-0.4, -0.2) is 50.6 Å². The zero-order valence-corrected chi connectivity index (χ0v) is 17.9. The molecule has 0 atom stereocenters. The van der Waals surface area contributed by atoms with Gasteiger partial charge < -0.3 is 10.2 Å². The Morgan fingerprint density at radius 2 is 1.93 bits per heavy atom. The SMILES string of the molecule is C=C(/C=C\c1nc(-c2ccc(C)cc2C)n(-c2ccncn2)c1C)N1CCNCC1. The van der Waals surface area contributed by atoms with Gasteiger partial charge in [-0.2, -0.15) is 0 Å². The van der Waals surface area contributed by atoms with Gasteiger partial charge >= 0.3 is 0 Å². The van der Waals surface area contributed by atoms with Gasteiger partial charge in [0.05, 0.1) is 5.69 Å². The Balaban J connectivity index is 1.76. The normalized spacial score (nSPS) is 14.4. The third kappa shape index (κ3) is 4.04. The maximum absolute atomic E-state index is 5.01. The van der Waals surface area contributed by atoms with Crippen LogP contribution in [0.15, 0.2) is 55.1 Å². The number of hydrogen-bond acceptors (Lipinski definition) is 5. The van der Waals surface area contributed by atoms with E-state index < -0.39 is 0 Å². The van der Waals surface area contributed by atoms with E-state index in [1.54, 1.807) is 12.5 Å². The van der Waals surface area contributed by atoms with Crippen LogP contribution in [0, 0.1) is 20.8 Å². The molecule has 0 amide bonds. The highest BCUT2D eigenvalue weighted by molar-refractivity contribution is 5.67. The molecule has 1 aliphatic heterocycles. The average Bonchev–Trinajstić information content (AvgIpc) is 3.09. The number of imidazole rings is 1. The first-order chi connectivity index (χ1) is 14.5. The predicted molar refractivity (Wildman–Crippen MR) is 121 cm³/mol. The Morgan fingerprint density at radius 3 is 2.63 bits per heavy atom. The molecule has 6 heteroatoms. The van der Waals surface area contributed by atoms with Gasteiger partial charge in [0.2, 0.25) is 0 Å². The van der Waals surface area contributed by atoms with Gasteiger partial charge in [0.25, 0.3) is 0 Å². The molecule has 3 heterocycles. The molecule has 0 aliphatic carbocycles. The van der Waals surface area contributed by atoms with Gasteiger partial charge in [-0.3, -0.25) is 4.57 Å². The Morgan fingerprint density at radius 1 is 1.13 bits per heavy atom. The number of aryl methyl sites for hydroxylation is 2. The van der Waals surface area contributed by atoms with Crippen LogP contribution in [-0.2, 0) is 0 Å². The molecule has 1 fully saturated rings. The van der Waals surface area contributed by atoms with Gasteiger partial charge in [0, 0.05) is 49.3 Å². The van der Waals surface area contributed by atoms with Gasteiger partial charge in [-0.25, -0.2) is 15.0 Å². The number of rotatable bonds is 5. The van der Waals surface area contributed by atoms with E-state index in [1.807, 2.05) is 6.07 Å². The van der Waals surface area contributed by atoms with Gasteiger partial charge in [0.15, 0.2) is 0 Å². The molecule has 0 unspecified atom stereocenters. The third-order valence-corrected chi connectivity index (χ3v) is 5.52. The van der Waals surface area contributed by atoms with E-state index in [4.69, 9.17) is 4.98 Å². The van der Waals surface area contributed by atoms with E-state index in [0.29, 0.717) is 0 Å². The van der Waals surface area contributed by atoms with E-state index in [1.165, 1.54) is 11.1 Å². The standard InChI is InChI=1S/C24H28N6/c1-17-5-7-21(18(2)15-17)24-28-22(8-6-19(3)29-13-11-25-12-14-29)20(4)30(24)23-9-10-26-16-27-23/h5-10,15-16,25H,3,11-14H2,1-2,4H3/b8-6-. The minimum atomic E-state index is 0.811. The molecule has 0 radical (unpaired) electrons.